The van der Waals surface area contributed by atoms with Crippen molar-refractivity contribution in [1.82, 2.24) is 0 Å². The molecule has 2 aromatic rings. The molecule has 2 aromatic carbocycles. The SMILES string of the molecule is Nc1ccc(Oc2ccccc2Cl)cc1S. The smallest absolute Gasteiger partial charge is 0.146 e. The molecule has 0 heterocycles. The van der Waals surface area contributed by atoms with Gasteiger partial charge in [-0.2, -0.15) is 0 Å². The number of rotatable bonds is 2. The summed E-state index contributed by atoms with van der Waals surface area (Å²) in [5.74, 6) is 1.27. The number of thiol groups is 1. The number of halogens is 1. The third-order valence-electron chi connectivity index (χ3n) is 2.07. The Morgan fingerprint density at radius 3 is 2.56 bits per heavy atom. The predicted molar refractivity (Wildman–Crippen MR) is 69.6 cm³/mol. The van der Waals surface area contributed by atoms with Gasteiger partial charge in [0.15, 0.2) is 0 Å². The van der Waals surface area contributed by atoms with Crippen molar-refractivity contribution in [3.8, 4) is 11.5 Å². The molecule has 0 atom stereocenters. The van der Waals surface area contributed by atoms with Crippen LogP contribution in [0, 0.1) is 0 Å². The highest BCUT2D eigenvalue weighted by molar-refractivity contribution is 7.80. The lowest BCUT2D eigenvalue weighted by atomic mass is 10.3. The van der Waals surface area contributed by atoms with Gasteiger partial charge < -0.3 is 10.5 Å². The third kappa shape index (κ3) is 2.43. The fraction of sp³-hybridized carbons (Fsp3) is 0. The van der Waals surface area contributed by atoms with E-state index < -0.39 is 0 Å². The van der Waals surface area contributed by atoms with Gasteiger partial charge in [-0.15, -0.1) is 12.6 Å². The summed E-state index contributed by atoms with van der Waals surface area (Å²) < 4.78 is 5.61. The van der Waals surface area contributed by atoms with Crippen molar-refractivity contribution >= 4 is 29.9 Å². The van der Waals surface area contributed by atoms with E-state index in [0.29, 0.717) is 27.1 Å². The number of hydrogen-bond donors (Lipinski definition) is 2. The summed E-state index contributed by atoms with van der Waals surface area (Å²) in [7, 11) is 0. The number of para-hydroxylation sites is 1. The first-order valence-electron chi connectivity index (χ1n) is 4.67. The van der Waals surface area contributed by atoms with Crippen molar-refractivity contribution < 1.29 is 4.74 Å². The molecule has 0 amide bonds. The van der Waals surface area contributed by atoms with Gasteiger partial charge >= 0.3 is 0 Å². The van der Waals surface area contributed by atoms with Gasteiger partial charge in [-0.05, 0) is 30.3 Å². The molecular weight excluding hydrogens is 242 g/mol. The second kappa shape index (κ2) is 4.68. The van der Waals surface area contributed by atoms with Crippen LogP contribution in [0.15, 0.2) is 47.4 Å². The molecule has 82 valence electrons. The highest BCUT2D eigenvalue weighted by Gasteiger charge is 2.03. The topological polar surface area (TPSA) is 35.2 Å². The van der Waals surface area contributed by atoms with Crippen LogP contribution in [0.4, 0.5) is 5.69 Å². The molecule has 0 radical (unpaired) electrons. The van der Waals surface area contributed by atoms with E-state index in [1.165, 1.54) is 0 Å². The van der Waals surface area contributed by atoms with E-state index in [-0.39, 0.29) is 0 Å². The van der Waals surface area contributed by atoms with Crippen LogP contribution in [0.5, 0.6) is 11.5 Å². The van der Waals surface area contributed by atoms with E-state index in [1.807, 2.05) is 12.1 Å². The van der Waals surface area contributed by atoms with Crippen LogP contribution >= 0.6 is 24.2 Å². The summed E-state index contributed by atoms with van der Waals surface area (Å²) in [5.41, 5.74) is 6.27. The standard InChI is InChI=1S/C12H10ClNOS/c13-9-3-1-2-4-11(9)15-8-5-6-10(14)12(16)7-8/h1-7,16H,14H2. The Hall–Kier alpha value is -1.32. The maximum Gasteiger partial charge on any atom is 0.146 e. The number of nitrogens with two attached hydrogens (primary N) is 1. The molecule has 2 rings (SSSR count). The summed E-state index contributed by atoms with van der Waals surface area (Å²) in [6, 6.07) is 12.6. The Morgan fingerprint density at radius 1 is 1.12 bits per heavy atom. The molecule has 2 N–H and O–H groups in total. The van der Waals surface area contributed by atoms with Gasteiger partial charge in [-0.3, -0.25) is 0 Å². The molecule has 0 aliphatic heterocycles. The van der Waals surface area contributed by atoms with Crippen LogP contribution in [-0.2, 0) is 0 Å². The number of anilines is 1. The minimum atomic E-state index is 0.569. The maximum atomic E-state index is 5.98. The van der Waals surface area contributed by atoms with E-state index in [4.69, 9.17) is 22.1 Å². The van der Waals surface area contributed by atoms with Crippen LogP contribution in [0.1, 0.15) is 0 Å². The van der Waals surface area contributed by atoms with Crippen molar-refractivity contribution in [3.63, 3.8) is 0 Å². The van der Waals surface area contributed by atoms with Crippen molar-refractivity contribution in [2.45, 2.75) is 4.90 Å². The van der Waals surface area contributed by atoms with E-state index >= 15 is 0 Å². The van der Waals surface area contributed by atoms with Gasteiger partial charge in [0.1, 0.15) is 11.5 Å². The fourth-order valence-corrected chi connectivity index (χ4v) is 1.62. The van der Waals surface area contributed by atoms with E-state index in [1.54, 1.807) is 30.3 Å². The Labute approximate surface area is 104 Å². The first kappa shape index (κ1) is 11.2. The normalized spacial score (nSPS) is 10.1. The molecule has 0 aliphatic carbocycles. The van der Waals surface area contributed by atoms with Crippen molar-refractivity contribution in [3.05, 3.63) is 47.5 Å². The van der Waals surface area contributed by atoms with E-state index in [2.05, 4.69) is 12.6 Å². The molecule has 0 saturated heterocycles. The summed E-state index contributed by atoms with van der Waals surface area (Å²) in [4.78, 5) is 0.685. The summed E-state index contributed by atoms with van der Waals surface area (Å²) in [6.07, 6.45) is 0. The number of benzene rings is 2. The van der Waals surface area contributed by atoms with Crippen LogP contribution in [-0.4, -0.2) is 0 Å². The van der Waals surface area contributed by atoms with Crippen LogP contribution in [0.2, 0.25) is 5.02 Å². The minimum Gasteiger partial charge on any atom is -0.456 e. The lowest BCUT2D eigenvalue weighted by molar-refractivity contribution is 0.482. The third-order valence-corrected chi connectivity index (χ3v) is 2.77. The summed E-state index contributed by atoms with van der Waals surface area (Å²) in [5, 5.41) is 0.569. The Morgan fingerprint density at radius 2 is 1.88 bits per heavy atom. The molecule has 16 heavy (non-hydrogen) atoms. The second-order valence-corrected chi connectivity index (χ2v) is 4.14. The zero-order valence-corrected chi connectivity index (χ0v) is 10.0. The zero-order chi connectivity index (χ0) is 11.5. The van der Waals surface area contributed by atoms with Gasteiger partial charge in [0.25, 0.3) is 0 Å². The predicted octanol–water partition coefficient (Wildman–Crippen LogP) is 4.00. The first-order chi connectivity index (χ1) is 7.66. The fourth-order valence-electron chi connectivity index (χ4n) is 1.24. The molecule has 4 heteroatoms. The van der Waals surface area contributed by atoms with E-state index in [0.717, 1.165) is 0 Å². The summed E-state index contributed by atoms with van der Waals surface area (Å²) >= 11 is 10.2. The molecule has 0 fully saturated rings. The lowest BCUT2D eigenvalue weighted by Gasteiger charge is -2.08. The minimum absolute atomic E-state index is 0.569. The number of ether oxygens (including phenoxy) is 1. The van der Waals surface area contributed by atoms with Crippen LogP contribution < -0.4 is 10.5 Å². The van der Waals surface area contributed by atoms with Gasteiger partial charge in [-0.1, -0.05) is 23.7 Å². The van der Waals surface area contributed by atoms with Gasteiger partial charge in [-0.25, -0.2) is 0 Å². The molecule has 0 unspecified atom stereocenters. The number of nitrogen functional groups attached to an aromatic ring is 1. The monoisotopic (exact) mass is 251 g/mol. The van der Waals surface area contributed by atoms with Crippen molar-refractivity contribution in [2.75, 3.05) is 5.73 Å². The maximum absolute atomic E-state index is 5.98. The molecule has 0 bridgehead atoms. The zero-order valence-electron chi connectivity index (χ0n) is 8.35. The van der Waals surface area contributed by atoms with Gasteiger partial charge in [0, 0.05) is 10.6 Å². The van der Waals surface area contributed by atoms with Crippen molar-refractivity contribution in [2.24, 2.45) is 0 Å². The Balaban J connectivity index is 2.28. The van der Waals surface area contributed by atoms with Crippen molar-refractivity contribution in [1.29, 1.82) is 0 Å². The molecule has 0 aromatic heterocycles. The van der Waals surface area contributed by atoms with Gasteiger partial charge in [0.05, 0.1) is 5.02 Å². The average molecular weight is 252 g/mol. The highest BCUT2D eigenvalue weighted by atomic mass is 35.5. The first-order valence-corrected chi connectivity index (χ1v) is 5.50. The second-order valence-electron chi connectivity index (χ2n) is 3.25. The van der Waals surface area contributed by atoms with Crippen LogP contribution in [0.25, 0.3) is 0 Å². The number of hydrogen-bond acceptors (Lipinski definition) is 3. The quantitative estimate of drug-likeness (QED) is 0.625. The lowest BCUT2D eigenvalue weighted by Crippen LogP contribution is -1.89. The largest absolute Gasteiger partial charge is 0.456 e. The van der Waals surface area contributed by atoms with Crippen LogP contribution in [0.3, 0.4) is 0 Å². The summed E-state index contributed by atoms with van der Waals surface area (Å²) in [6.45, 7) is 0. The highest BCUT2D eigenvalue weighted by Crippen LogP contribution is 2.31. The molecule has 0 saturated carbocycles. The molecule has 2 nitrogen and oxygen atoms in total. The Kier molecular flexibility index (Phi) is 3.27. The van der Waals surface area contributed by atoms with E-state index in [9.17, 15) is 0 Å². The van der Waals surface area contributed by atoms with Gasteiger partial charge in [0.2, 0.25) is 0 Å². The molecule has 0 aliphatic rings. The average Bonchev–Trinajstić information content (AvgIpc) is 2.27. The Bertz CT molecular complexity index is 516. The molecular formula is C12H10ClNOS. The molecule has 0 spiro atoms.